The maximum atomic E-state index is 4.29. The molecule has 2 rings (SSSR count). The average molecular weight is 215 g/mol. The molecule has 0 aliphatic rings. The first-order valence-electron chi connectivity index (χ1n) is 5.54. The van der Waals surface area contributed by atoms with Gasteiger partial charge in [0.2, 0.25) is 0 Å². The third-order valence-corrected chi connectivity index (χ3v) is 2.56. The molecular weight excluding hydrogens is 198 g/mol. The number of hydrogen-bond acceptors (Lipinski definition) is 2. The van der Waals surface area contributed by atoms with E-state index in [0.29, 0.717) is 0 Å². The van der Waals surface area contributed by atoms with Crippen LogP contribution >= 0.6 is 0 Å². The molecular formula is C13H17N3. The molecule has 0 bridgehead atoms. The lowest BCUT2D eigenvalue weighted by Gasteiger charge is -2.05. The zero-order chi connectivity index (χ0) is 11.4. The first-order chi connectivity index (χ1) is 7.75. The second-order valence-corrected chi connectivity index (χ2v) is 3.96. The molecule has 1 N–H and O–H groups in total. The molecule has 0 unspecified atom stereocenters. The topological polar surface area (TPSA) is 29.9 Å². The summed E-state index contributed by atoms with van der Waals surface area (Å²) in [6.07, 6.45) is 1.03. The standard InChI is InChI=1S/C13H17N3/c1-11-10-13(16(2)15-11)14-9-8-12-6-4-3-5-7-12/h3-7,10,14H,8-9H2,1-2H3. The minimum absolute atomic E-state index is 0.934. The summed E-state index contributed by atoms with van der Waals surface area (Å²) in [5.74, 6) is 1.08. The molecule has 0 spiro atoms. The van der Waals surface area contributed by atoms with E-state index < -0.39 is 0 Å². The Labute approximate surface area is 96.1 Å². The molecule has 0 fully saturated rings. The highest BCUT2D eigenvalue weighted by Crippen LogP contribution is 2.08. The van der Waals surface area contributed by atoms with Crippen molar-refractivity contribution in [3.8, 4) is 0 Å². The van der Waals surface area contributed by atoms with E-state index in [4.69, 9.17) is 0 Å². The monoisotopic (exact) mass is 215 g/mol. The minimum atomic E-state index is 0.934. The van der Waals surface area contributed by atoms with Gasteiger partial charge in [0.05, 0.1) is 5.69 Å². The smallest absolute Gasteiger partial charge is 0.124 e. The Morgan fingerprint density at radius 2 is 2.00 bits per heavy atom. The van der Waals surface area contributed by atoms with Crippen LogP contribution in [0.2, 0.25) is 0 Å². The lowest BCUT2D eigenvalue weighted by molar-refractivity contribution is 0.757. The molecule has 0 aliphatic carbocycles. The van der Waals surface area contributed by atoms with Crippen LogP contribution in [0.15, 0.2) is 36.4 Å². The quantitative estimate of drug-likeness (QED) is 0.848. The number of benzene rings is 1. The van der Waals surface area contributed by atoms with Gasteiger partial charge in [0, 0.05) is 19.7 Å². The summed E-state index contributed by atoms with van der Waals surface area (Å²) in [6.45, 7) is 2.94. The van der Waals surface area contributed by atoms with Crippen molar-refractivity contribution < 1.29 is 0 Å². The summed E-state index contributed by atoms with van der Waals surface area (Å²) in [7, 11) is 1.96. The van der Waals surface area contributed by atoms with Gasteiger partial charge in [-0.15, -0.1) is 0 Å². The normalized spacial score (nSPS) is 10.4. The van der Waals surface area contributed by atoms with Crippen LogP contribution in [0.25, 0.3) is 0 Å². The second-order valence-electron chi connectivity index (χ2n) is 3.96. The fourth-order valence-electron chi connectivity index (χ4n) is 1.76. The molecule has 16 heavy (non-hydrogen) atoms. The van der Waals surface area contributed by atoms with Gasteiger partial charge in [0.1, 0.15) is 5.82 Å². The van der Waals surface area contributed by atoms with Crippen LogP contribution in [-0.2, 0) is 13.5 Å². The van der Waals surface area contributed by atoms with Gasteiger partial charge in [-0.05, 0) is 18.9 Å². The highest BCUT2D eigenvalue weighted by atomic mass is 15.3. The Balaban J connectivity index is 1.87. The summed E-state index contributed by atoms with van der Waals surface area (Å²) in [5.41, 5.74) is 2.40. The Morgan fingerprint density at radius 3 is 2.62 bits per heavy atom. The molecule has 0 aliphatic heterocycles. The summed E-state index contributed by atoms with van der Waals surface area (Å²) >= 11 is 0. The lowest BCUT2D eigenvalue weighted by atomic mass is 10.1. The largest absolute Gasteiger partial charge is 0.370 e. The number of hydrogen-bond donors (Lipinski definition) is 1. The molecule has 3 heteroatoms. The van der Waals surface area contributed by atoms with Gasteiger partial charge in [-0.1, -0.05) is 30.3 Å². The van der Waals surface area contributed by atoms with Crippen molar-refractivity contribution >= 4 is 5.82 Å². The average Bonchev–Trinajstić information content (AvgIpc) is 2.59. The van der Waals surface area contributed by atoms with Crippen molar-refractivity contribution in [3.63, 3.8) is 0 Å². The van der Waals surface area contributed by atoms with E-state index in [0.717, 1.165) is 24.5 Å². The Hall–Kier alpha value is -1.77. The van der Waals surface area contributed by atoms with Crippen LogP contribution in [-0.4, -0.2) is 16.3 Å². The van der Waals surface area contributed by atoms with Crippen LogP contribution in [0, 0.1) is 6.92 Å². The van der Waals surface area contributed by atoms with Gasteiger partial charge >= 0.3 is 0 Å². The van der Waals surface area contributed by atoms with Crippen LogP contribution in [0.4, 0.5) is 5.82 Å². The Bertz CT molecular complexity index is 445. The van der Waals surface area contributed by atoms with Crippen molar-refractivity contribution in [2.24, 2.45) is 7.05 Å². The first kappa shape index (κ1) is 10.7. The number of rotatable bonds is 4. The first-order valence-corrected chi connectivity index (χ1v) is 5.54. The van der Waals surface area contributed by atoms with Crippen LogP contribution < -0.4 is 5.32 Å². The highest BCUT2D eigenvalue weighted by molar-refractivity contribution is 5.36. The van der Waals surface area contributed by atoms with Crippen molar-refractivity contribution in [2.75, 3.05) is 11.9 Å². The SMILES string of the molecule is Cc1cc(NCCc2ccccc2)n(C)n1. The summed E-state index contributed by atoms with van der Waals surface area (Å²) in [5, 5.41) is 7.67. The van der Waals surface area contributed by atoms with Gasteiger partial charge in [0.15, 0.2) is 0 Å². The molecule has 84 valence electrons. The molecule has 1 heterocycles. The van der Waals surface area contributed by atoms with Crippen LogP contribution in [0.1, 0.15) is 11.3 Å². The number of anilines is 1. The Morgan fingerprint density at radius 1 is 1.25 bits per heavy atom. The van der Waals surface area contributed by atoms with Crippen molar-refractivity contribution in [1.82, 2.24) is 9.78 Å². The summed E-state index contributed by atoms with van der Waals surface area (Å²) in [4.78, 5) is 0. The molecule has 0 saturated carbocycles. The van der Waals surface area contributed by atoms with E-state index in [2.05, 4.69) is 40.7 Å². The maximum absolute atomic E-state index is 4.29. The van der Waals surface area contributed by atoms with Gasteiger partial charge in [-0.2, -0.15) is 5.10 Å². The third kappa shape index (κ3) is 2.63. The van der Waals surface area contributed by atoms with Crippen LogP contribution in [0.3, 0.4) is 0 Å². The van der Waals surface area contributed by atoms with Crippen molar-refractivity contribution in [3.05, 3.63) is 47.7 Å². The number of aryl methyl sites for hydroxylation is 2. The number of nitrogens with one attached hydrogen (secondary N) is 1. The zero-order valence-electron chi connectivity index (χ0n) is 9.77. The predicted octanol–water partition coefficient (Wildman–Crippen LogP) is 2.38. The molecule has 3 nitrogen and oxygen atoms in total. The van der Waals surface area contributed by atoms with E-state index in [-0.39, 0.29) is 0 Å². The van der Waals surface area contributed by atoms with E-state index in [9.17, 15) is 0 Å². The third-order valence-electron chi connectivity index (χ3n) is 2.56. The fraction of sp³-hybridized carbons (Fsp3) is 0.308. The van der Waals surface area contributed by atoms with Gasteiger partial charge in [0.25, 0.3) is 0 Å². The van der Waals surface area contributed by atoms with Gasteiger partial charge in [-0.3, -0.25) is 4.68 Å². The van der Waals surface area contributed by atoms with Crippen LogP contribution in [0.5, 0.6) is 0 Å². The predicted molar refractivity (Wildman–Crippen MR) is 66.6 cm³/mol. The molecule has 0 atom stereocenters. The van der Waals surface area contributed by atoms with Gasteiger partial charge in [-0.25, -0.2) is 0 Å². The minimum Gasteiger partial charge on any atom is -0.370 e. The highest BCUT2D eigenvalue weighted by Gasteiger charge is 2.00. The number of nitrogens with zero attached hydrogens (tertiary/aromatic N) is 2. The summed E-state index contributed by atoms with van der Waals surface area (Å²) < 4.78 is 1.88. The Kier molecular flexibility index (Phi) is 3.25. The van der Waals surface area contributed by atoms with E-state index >= 15 is 0 Å². The molecule has 2 aromatic rings. The van der Waals surface area contributed by atoms with E-state index in [1.165, 1.54) is 5.56 Å². The molecule has 0 amide bonds. The van der Waals surface area contributed by atoms with Crippen molar-refractivity contribution in [1.29, 1.82) is 0 Å². The lowest BCUT2D eigenvalue weighted by Crippen LogP contribution is -2.08. The summed E-state index contributed by atoms with van der Waals surface area (Å²) in [6, 6.07) is 12.5. The fourth-order valence-corrected chi connectivity index (χ4v) is 1.76. The van der Waals surface area contributed by atoms with E-state index in [1.807, 2.05) is 24.7 Å². The molecule has 0 radical (unpaired) electrons. The molecule has 1 aromatic heterocycles. The second kappa shape index (κ2) is 4.84. The molecule has 0 saturated heterocycles. The van der Waals surface area contributed by atoms with Gasteiger partial charge < -0.3 is 5.32 Å². The number of aromatic nitrogens is 2. The maximum Gasteiger partial charge on any atom is 0.124 e. The van der Waals surface area contributed by atoms with E-state index in [1.54, 1.807) is 0 Å². The zero-order valence-corrected chi connectivity index (χ0v) is 9.77. The van der Waals surface area contributed by atoms with Crippen molar-refractivity contribution in [2.45, 2.75) is 13.3 Å². The molecule has 1 aromatic carbocycles.